The van der Waals surface area contributed by atoms with Crippen LogP contribution in [0.5, 0.6) is 0 Å². The SMILES string of the molecule is Nc1ncc(-c2ccc(Cl)nc2)nc1C(=O)c1cccnc1. The molecule has 0 aliphatic heterocycles. The lowest BCUT2D eigenvalue weighted by molar-refractivity contribution is 0.103. The first-order valence-electron chi connectivity index (χ1n) is 6.34. The van der Waals surface area contributed by atoms with Gasteiger partial charge < -0.3 is 5.73 Å². The number of carbonyl (C=O) groups is 1. The summed E-state index contributed by atoms with van der Waals surface area (Å²) >= 11 is 5.76. The van der Waals surface area contributed by atoms with Crippen molar-refractivity contribution in [3.63, 3.8) is 0 Å². The van der Waals surface area contributed by atoms with Crippen molar-refractivity contribution < 1.29 is 4.79 Å². The van der Waals surface area contributed by atoms with Crippen molar-refractivity contribution in [1.29, 1.82) is 0 Å². The van der Waals surface area contributed by atoms with E-state index >= 15 is 0 Å². The minimum atomic E-state index is -0.332. The lowest BCUT2D eigenvalue weighted by atomic mass is 10.1. The lowest BCUT2D eigenvalue weighted by Gasteiger charge is -2.06. The smallest absolute Gasteiger partial charge is 0.216 e. The second-order valence-electron chi connectivity index (χ2n) is 4.43. The second kappa shape index (κ2) is 5.87. The zero-order valence-corrected chi connectivity index (χ0v) is 12.0. The molecule has 6 nitrogen and oxygen atoms in total. The van der Waals surface area contributed by atoms with Crippen LogP contribution in [0.25, 0.3) is 11.3 Å². The molecule has 108 valence electrons. The fraction of sp³-hybridized carbons (Fsp3) is 0. The number of hydrogen-bond acceptors (Lipinski definition) is 6. The van der Waals surface area contributed by atoms with Gasteiger partial charge in [-0.15, -0.1) is 0 Å². The molecule has 0 amide bonds. The van der Waals surface area contributed by atoms with Gasteiger partial charge in [-0.2, -0.15) is 0 Å². The van der Waals surface area contributed by atoms with E-state index in [1.807, 2.05) is 0 Å². The Labute approximate surface area is 131 Å². The van der Waals surface area contributed by atoms with E-state index in [0.29, 0.717) is 22.0 Å². The highest BCUT2D eigenvalue weighted by Gasteiger charge is 2.16. The van der Waals surface area contributed by atoms with Crippen molar-refractivity contribution in [3.05, 3.63) is 65.5 Å². The highest BCUT2D eigenvalue weighted by atomic mass is 35.5. The summed E-state index contributed by atoms with van der Waals surface area (Å²) < 4.78 is 0. The Balaban J connectivity index is 2.04. The Hall–Kier alpha value is -2.86. The minimum Gasteiger partial charge on any atom is -0.382 e. The van der Waals surface area contributed by atoms with Crippen LogP contribution in [0, 0.1) is 0 Å². The third-order valence-corrected chi connectivity index (χ3v) is 3.19. The van der Waals surface area contributed by atoms with Crippen LogP contribution >= 0.6 is 11.6 Å². The zero-order chi connectivity index (χ0) is 15.5. The van der Waals surface area contributed by atoms with Gasteiger partial charge in [0, 0.05) is 29.7 Å². The molecule has 22 heavy (non-hydrogen) atoms. The van der Waals surface area contributed by atoms with Gasteiger partial charge in [0.05, 0.1) is 11.9 Å². The van der Waals surface area contributed by atoms with Crippen LogP contribution in [-0.4, -0.2) is 25.7 Å². The molecule has 3 heterocycles. The van der Waals surface area contributed by atoms with E-state index in [1.165, 1.54) is 12.4 Å². The van der Waals surface area contributed by atoms with Crippen molar-refractivity contribution in [2.24, 2.45) is 0 Å². The summed E-state index contributed by atoms with van der Waals surface area (Å²) in [6.07, 6.45) is 6.09. The van der Waals surface area contributed by atoms with Crippen molar-refractivity contribution >= 4 is 23.2 Å². The normalized spacial score (nSPS) is 10.4. The third-order valence-electron chi connectivity index (χ3n) is 2.96. The molecular weight excluding hydrogens is 302 g/mol. The van der Waals surface area contributed by atoms with Crippen LogP contribution in [0.4, 0.5) is 5.82 Å². The molecule has 7 heteroatoms. The molecule has 0 aromatic carbocycles. The number of carbonyl (C=O) groups excluding carboxylic acids is 1. The molecule has 0 saturated carbocycles. The van der Waals surface area contributed by atoms with E-state index in [4.69, 9.17) is 17.3 Å². The van der Waals surface area contributed by atoms with Crippen LogP contribution in [0.2, 0.25) is 5.15 Å². The molecule has 3 aromatic rings. The number of nitrogens with two attached hydrogens (primary N) is 1. The van der Waals surface area contributed by atoms with Crippen molar-refractivity contribution in [3.8, 4) is 11.3 Å². The largest absolute Gasteiger partial charge is 0.382 e. The van der Waals surface area contributed by atoms with Gasteiger partial charge in [-0.25, -0.2) is 15.0 Å². The molecule has 0 fully saturated rings. The Kier molecular flexibility index (Phi) is 3.76. The van der Waals surface area contributed by atoms with Gasteiger partial charge in [0.1, 0.15) is 5.15 Å². The van der Waals surface area contributed by atoms with Crippen LogP contribution in [-0.2, 0) is 0 Å². The fourth-order valence-corrected chi connectivity index (χ4v) is 1.98. The first-order chi connectivity index (χ1) is 10.6. The van der Waals surface area contributed by atoms with Crippen molar-refractivity contribution in [2.45, 2.75) is 0 Å². The average Bonchev–Trinajstić information content (AvgIpc) is 2.56. The number of halogens is 1. The van der Waals surface area contributed by atoms with Gasteiger partial charge in [-0.05, 0) is 24.3 Å². The Morgan fingerprint density at radius 2 is 1.95 bits per heavy atom. The summed E-state index contributed by atoms with van der Waals surface area (Å²) in [5.41, 5.74) is 7.44. The van der Waals surface area contributed by atoms with Gasteiger partial charge in [0.25, 0.3) is 0 Å². The lowest BCUT2D eigenvalue weighted by Crippen LogP contribution is -2.10. The summed E-state index contributed by atoms with van der Waals surface area (Å²) in [6, 6.07) is 6.70. The molecule has 3 aromatic heterocycles. The summed E-state index contributed by atoms with van der Waals surface area (Å²) in [5, 5.41) is 0.374. The topological polar surface area (TPSA) is 94.6 Å². The number of ketones is 1. The number of nitrogens with zero attached hydrogens (tertiary/aromatic N) is 4. The quantitative estimate of drug-likeness (QED) is 0.589. The standard InChI is InChI=1S/C15H10ClN5O/c16-12-4-3-9(7-19-12)11-8-20-15(17)13(21-11)14(22)10-2-1-5-18-6-10/h1-8H,(H2,17,20). The van der Waals surface area contributed by atoms with E-state index in [2.05, 4.69) is 19.9 Å². The molecule has 0 unspecified atom stereocenters. The molecule has 0 aliphatic rings. The number of anilines is 1. The number of pyridine rings is 2. The average molecular weight is 312 g/mol. The molecule has 0 saturated heterocycles. The molecule has 0 spiro atoms. The van der Waals surface area contributed by atoms with Gasteiger partial charge in [-0.1, -0.05) is 11.6 Å². The summed E-state index contributed by atoms with van der Waals surface area (Å²) in [4.78, 5) is 28.7. The maximum Gasteiger partial charge on any atom is 0.216 e. The summed E-state index contributed by atoms with van der Waals surface area (Å²) in [6.45, 7) is 0. The van der Waals surface area contributed by atoms with E-state index in [9.17, 15) is 4.79 Å². The van der Waals surface area contributed by atoms with Crippen molar-refractivity contribution in [1.82, 2.24) is 19.9 Å². The highest BCUT2D eigenvalue weighted by molar-refractivity contribution is 6.29. The molecule has 3 rings (SSSR count). The Morgan fingerprint density at radius 1 is 1.09 bits per heavy atom. The Bertz CT molecular complexity index is 821. The van der Waals surface area contributed by atoms with Crippen molar-refractivity contribution in [2.75, 3.05) is 5.73 Å². The first kappa shape index (κ1) is 14.1. The molecular formula is C15H10ClN5O. The van der Waals surface area contributed by atoms with E-state index in [-0.39, 0.29) is 17.3 Å². The number of nitrogen functional groups attached to an aromatic ring is 1. The number of hydrogen-bond donors (Lipinski definition) is 1. The third kappa shape index (κ3) is 2.77. The number of aromatic nitrogens is 4. The Morgan fingerprint density at radius 3 is 2.64 bits per heavy atom. The van der Waals surface area contributed by atoms with E-state index in [1.54, 1.807) is 36.7 Å². The first-order valence-corrected chi connectivity index (χ1v) is 6.72. The summed E-state index contributed by atoms with van der Waals surface area (Å²) in [5.74, 6) is -0.263. The minimum absolute atomic E-state index is 0.0690. The molecule has 0 bridgehead atoms. The second-order valence-corrected chi connectivity index (χ2v) is 4.82. The monoisotopic (exact) mass is 311 g/mol. The van der Waals surface area contributed by atoms with Gasteiger partial charge in [-0.3, -0.25) is 9.78 Å². The fourth-order valence-electron chi connectivity index (χ4n) is 1.87. The van der Waals surface area contributed by atoms with Crippen LogP contribution in [0.15, 0.2) is 49.1 Å². The molecule has 0 atom stereocenters. The maximum atomic E-state index is 12.4. The van der Waals surface area contributed by atoms with Crippen LogP contribution < -0.4 is 5.73 Å². The molecule has 2 N–H and O–H groups in total. The highest BCUT2D eigenvalue weighted by Crippen LogP contribution is 2.20. The van der Waals surface area contributed by atoms with Crippen LogP contribution in [0.3, 0.4) is 0 Å². The number of rotatable bonds is 3. The van der Waals surface area contributed by atoms with Crippen LogP contribution in [0.1, 0.15) is 16.1 Å². The molecule has 0 aliphatic carbocycles. The van der Waals surface area contributed by atoms with Gasteiger partial charge in [0.2, 0.25) is 5.78 Å². The summed E-state index contributed by atoms with van der Waals surface area (Å²) in [7, 11) is 0. The predicted octanol–water partition coefficient (Wildman–Crippen LogP) is 2.40. The van der Waals surface area contributed by atoms with E-state index in [0.717, 1.165) is 0 Å². The molecule has 0 radical (unpaired) electrons. The zero-order valence-electron chi connectivity index (χ0n) is 11.3. The maximum absolute atomic E-state index is 12.4. The van der Waals surface area contributed by atoms with E-state index < -0.39 is 0 Å². The predicted molar refractivity (Wildman–Crippen MR) is 82.4 cm³/mol. The van der Waals surface area contributed by atoms with Gasteiger partial charge >= 0.3 is 0 Å². The van der Waals surface area contributed by atoms with Gasteiger partial charge in [0.15, 0.2) is 11.5 Å².